The lowest BCUT2D eigenvalue weighted by Gasteiger charge is -2.25. The summed E-state index contributed by atoms with van der Waals surface area (Å²) in [4.78, 5) is 12.7. The summed E-state index contributed by atoms with van der Waals surface area (Å²) in [6.07, 6.45) is 0.0757. The number of hydrogen-bond acceptors (Lipinski definition) is 4. The molecule has 5 heteroatoms. The Kier molecular flexibility index (Phi) is 5.43. The number of fused-ring (bicyclic) bond motifs is 1. The van der Waals surface area contributed by atoms with Crippen LogP contribution in [0.15, 0.2) is 78.9 Å². The number of amides is 1. The maximum atomic E-state index is 12.7. The zero-order chi connectivity index (χ0) is 19.2. The van der Waals surface area contributed by atoms with Gasteiger partial charge in [0.2, 0.25) is 6.10 Å². The largest absolute Gasteiger partial charge is 0.491 e. The van der Waals surface area contributed by atoms with Crippen molar-refractivity contribution in [1.82, 2.24) is 0 Å². The van der Waals surface area contributed by atoms with E-state index in [9.17, 15) is 4.79 Å². The number of benzene rings is 3. The van der Waals surface area contributed by atoms with Crippen molar-refractivity contribution < 1.29 is 19.0 Å². The molecule has 3 aromatic rings. The zero-order valence-corrected chi connectivity index (χ0v) is 15.3. The molecule has 0 spiro atoms. The number of anilines is 1. The number of ether oxygens (including phenoxy) is 3. The van der Waals surface area contributed by atoms with Gasteiger partial charge in [0, 0.05) is 6.42 Å². The first-order valence-corrected chi connectivity index (χ1v) is 9.25. The molecule has 1 N–H and O–H groups in total. The normalized spacial score (nSPS) is 14.9. The Morgan fingerprint density at radius 2 is 1.64 bits per heavy atom. The molecule has 1 aliphatic heterocycles. The van der Waals surface area contributed by atoms with Crippen LogP contribution in [0.2, 0.25) is 0 Å². The maximum Gasteiger partial charge on any atom is 0.269 e. The summed E-state index contributed by atoms with van der Waals surface area (Å²) >= 11 is 0. The fraction of sp³-hybridized carbons (Fsp3) is 0.174. The molecule has 1 atom stereocenters. The van der Waals surface area contributed by atoms with Crippen LogP contribution in [0.4, 0.5) is 5.69 Å². The summed E-state index contributed by atoms with van der Waals surface area (Å²) in [5.74, 6) is 1.58. The standard InChI is InChI=1S/C23H21NO4/c25-23(22-16-27-20-12-6-7-13-21(20)28-22)24-18-10-4-5-11-19(18)26-15-14-17-8-2-1-3-9-17/h1-13,22H,14-16H2,(H,24,25). The molecule has 4 rings (SSSR count). The van der Waals surface area contributed by atoms with Crippen LogP contribution in [0.5, 0.6) is 17.2 Å². The molecule has 1 heterocycles. The van der Waals surface area contributed by atoms with E-state index < -0.39 is 6.10 Å². The van der Waals surface area contributed by atoms with Gasteiger partial charge in [0.05, 0.1) is 12.3 Å². The molecule has 0 saturated carbocycles. The predicted octanol–water partition coefficient (Wildman–Crippen LogP) is 4.09. The topological polar surface area (TPSA) is 56.8 Å². The average molecular weight is 375 g/mol. The van der Waals surface area contributed by atoms with Crippen LogP contribution >= 0.6 is 0 Å². The van der Waals surface area contributed by atoms with E-state index in [2.05, 4.69) is 17.4 Å². The highest BCUT2D eigenvalue weighted by molar-refractivity contribution is 5.96. The van der Waals surface area contributed by atoms with E-state index in [0.29, 0.717) is 29.5 Å². The maximum absolute atomic E-state index is 12.7. The second-order valence-corrected chi connectivity index (χ2v) is 6.43. The van der Waals surface area contributed by atoms with Crippen LogP contribution < -0.4 is 19.5 Å². The molecule has 3 aromatic carbocycles. The second kappa shape index (κ2) is 8.48. The molecule has 0 saturated heterocycles. The van der Waals surface area contributed by atoms with Gasteiger partial charge in [0.1, 0.15) is 12.4 Å². The van der Waals surface area contributed by atoms with Gasteiger partial charge in [-0.1, -0.05) is 54.6 Å². The van der Waals surface area contributed by atoms with Gasteiger partial charge < -0.3 is 19.5 Å². The minimum Gasteiger partial charge on any atom is -0.491 e. The number of para-hydroxylation sites is 4. The lowest BCUT2D eigenvalue weighted by atomic mass is 10.2. The summed E-state index contributed by atoms with van der Waals surface area (Å²) in [5.41, 5.74) is 1.82. The second-order valence-electron chi connectivity index (χ2n) is 6.43. The molecule has 142 valence electrons. The highest BCUT2D eigenvalue weighted by Gasteiger charge is 2.27. The third-order valence-electron chi connectivity index (χ3n) is 4.44. The number of carbonyl (C=O) groups is 1. The van der Waals surface area contributed by atoms with Crippen molar-refractivity contribution in [2.24, 2.45) is 0 Å². The molecule has 0 aromatic heterocycles. The highest BCUT2D eigenvalue weighted by Crippen LogP contribution is 2.31. The van der Waals surface area contributed by atoms with Crippen molar-refractivity contribution in [3.8, 4) is 17.2 Å². The molecular formula is C23H21NO4. The summed E-state index contributed by atoms with van der Waals surface area (Å²) in [7, 11) is 0. The van der Waals surface area contributed by atoms with Gasteiger partial charge >= 0.3 is 0 Å². The predicted molar refractivity (Wildman–Crippen MR) is 107 cm³/mol. The molecular weight excluding hydrogens is 354 g/mol. The Balaban J connectivity index is 1.37. The summed E-state index contributed by atoms with van der Waals surface area (Å²) in [5, 5.41) is 2.89. The SMILES string of the molecule is O=C(Nc1ccccc1OCCc1ccccc1)C1COc2ccccc2O1. The first kappa shape index (κ1) is 17.9. The Morgan fingerprint density at radius 3 is 2.50 bits per heavy atom. The first-order chi connectivity index (χ1) is 13.8. The molecule has 5 nitrogen and oxygen atoms in total. The smallest absolute Gasteiger partial charge is 0.269 e. The van der Waals surface area contributed by atoms with Crippen molar-refractivity contribution >= 4 is 11.6 Å². The van der Waals surface area contributed by atoms with Gasteiger partial charge in [-0.3, -0.25) is 4.79 Å². The fourth-order valence-electron chi connectivity index (χ4n) is 2.98. The van der Waals surface area contributed by atoms with E-state index in [1.165, 1.54) is 5.56 Å². The molecule has 1 unspecified atom stereocenters. The zero-order valence-electron chi connectivity index (χ0n) is 15.3. The molecule has 28 heavy (non-hydrogen) atoms. The van der Waals surface area contributed by atoms with Crippen LogP contribution in [-0.2, 0) is 11.2 Å². The number of hydrogen-bond donors (Lipinski definition) is 1. The van der Waals surface area contributed by atoms with Crippen molar-refractivity contribution in [3.63, 3.8) is 0 Å². The van der Waals surface area contributed by atoms with Gasteiger partial charge in [-0.15, -0.1) is 0 Å². The minimum absolute atomic E-state index is 0.167. The van der Waals surface area contributed by atoms with Crippen molar-refractivity contribution in [3.05, 3.63) is 84.4 Å². The molecule has 0 aliphatic carbocycles. The average Bonchev–Trinajstić information content (AvgIpc) is 2.75. The van der Waals surface area contributed by atoms with Crippen LogP contribution in [0.3, 0.4) is 0 Å². The number of carbonyl (C=O) groups excluding carboxylic acids is 1. The monoisotopic (exact) mass is 375 g/mol. The Hall–Kier alpha value is -3.47. The van der Waals surface area contributed by atoms with Crippen LogP contribution in [0.1, 0.15) is 5.56 Å². The van der Waals surface area contributed by atoms with Crippen LogP contribution in [0.25, 0.3) is 0 Å². The van der Waals surface area contributed by atoms with Gasteiger partial charge in [-0.2, -0.15) is 0 Å². The van der Waals surface area contributed by atoms with Crippen molar-refractivity contribution in [2.45, 2.75) is 12.5 Å². The Bertz CT molecular complexity index is 942. The molecule has 1 amide bonds. The van der Waals surface area contributed by atoms with E-state index in [0.717, 1.165) is 6.42 Å². The Morgan fingerprint density at radius 1 is 0.929 bits per heavy atom. The van der Waals surface area contributed by atoms with E-state index in [1.54, 1.807) is 6.07 Å². The van der Waals surface area contributed by atoms with E-state index in [-0.39, 0.29) is 12.5 Å². The number of rotatable bonds is 6. The van der Waals surface area contributed by atoms with Gasteiger partial charge in [0.15, 0.2) is 11.5 Å². The summed E-state index contributed by atoms with van der Waals surface area (Å²) in [6.45, 7) is 0.688. The van der Waals surface area contributed by atoms with E-state index in [1.807, 2.05) is 60.7 Å². The quantitative estimate of drug-likeness (QED) is 0.705. The van der Waals surface area contributed by atoms with Gasteiger partial charge in [0.25, 0.3) is 5.91 Å². The number of nitrogens with one attached hydrogen (secondary N) is 1. The molecule has 0 bridgehead atoms. The molecule has 0 fully saturated rings. The lowest BCUT2D eigenvalue weighted by Crippen LogP contribution is -2.40. The van der Waals surface area contributed by atoms with Crippen molar-refractivity contribution in [2.75, 3.05) is 18.5 Å². The van der Waals surface area contributed by atoms with Gasteiger partial charge in [-0.25, -0.2) is 0 Å². The van der Waals surface area contributed by atoms with Crippen molar-refractivity contribution in [1.29, 1.82) is 0 Å². The fourth-order valence-corrected chi connectivity index (χ4v) is 2.98. The van der Waals surface area contributed by atoms with Crippen LogP contribution in [-0.4, -0.2) is 25.2 Å². The lowest BCUT2D eigenvalue weighted by molar-refractivity contribution is -0.125. The Labute approximate surface area is 163 Å². The summed E-state index contributed by atoms with van der Waals surface area (Å²) < 4.78 is 17.3. The third kappa shape index (κ3) is 4.26. The molecule has 1 aliphatic rings. The third-order valence-corrected chi connectivity index (χ3v) is 4.44. The minimum atomic E-state index is -0.715. The van der Waals surface area contributed by atoms with Crippen LogP contribution in [0, 0.1) is 0 Å². The van der Waals surface area contributed by atoms with Gasteiger partial charge in [-0.05, 0) is 29.8 Å². The first-order valence-electron chi connectivity index (χ1n) is 9.25. The highest BCUT2D eigenvalue weighted by atomic mass is 16.6. The summed E-state index contributed by atoms with van der Waals surface area (Å²) in [6, 6.07) is 24.8. The molecule has 0 radical (unpaired) electrons. The van der Waals surface area contributed by atoms with E-state index in [4.69, 9.17) is 14.2 Å². The van der Waals surface area contributed by atoms with E-state index >= 15 is 0 Å².